The number of benzene rings is 5. The zero-order valence-electron chi connectivity index (χ0n) is 18.9. The van der Waals surface area contributed by atoms with Crippen molar-refractivity contribution in [2.75, 3.05) is 4.90 Å². The second kappa shape index (κ2) is 7.03. The maximum absolute atomic E-state index is 6.54. The van der Waals surface area contributed by atoms with Crippen LogP contribution in [-0.2, 0) is 6.42 Å². The summed E-state index contributed by atoms with van der Waals surface area (Å²) in [5.41, 5.74) is 9.52. The van der Waals surface area contributed by atoms with Gasteiger partial charge < -0.3 is 14.4 Å². The highest BCUT2D eigenvalue weighted by molar-refractivity contribution is 6.98. The zero-order valence-corrected chi connectivity index (χ0v) is 18.9. The number of anilines is 3. The number of hydrogen-bond acceptors (Lipinski definition) is 3. The molecule has 0 amide bonds. The number of hydrogen-bond donors (Lipinski definition) is 0. The highest BCUT2D eigenvalue weighted by Gasteiger charge is 2.40. The minimum absolute atomic E-state index is 0.0879. The van der Waals surface area contributed by atoms with E-state index in [1.54, 1.807) is 0 Å². The van der Waals surface area contributed by atoms with Gasteiger partial charge in [-0.1, -0.05) is 72.8 Å². The second-order valence-electron chi connectivity index (χ2n) is 9.34. The molecule has 0 bridgehead atoms. The van der Waals surface area contributed by atoms with E-state index in [0.29, 0.717) is 0 Å². The van der Waals surface area contributed by atoms with Crippen molar-refractivity contribution in [1.82, 2.24) is 0 Å². The summed E-state index contributed by atoms with van der Waals surface area (Å²) < 4.78 is 13.1. The molecule has 0 spiro atoms. The summed E-state index contributed by atoms with van der Waals surface area (Å²) in [6.45, 7) is 0.0879. The molecular weight excluding hydrogens is 429 g/mol. The van der Waals surface area contributed by atoms with E-state index in [4.69, 9.17) is 9.47 Å². The third-order valence-electron chi connectivity index (χ3n) is 7.38. The van der Waals surface area contributed by atoms with Crippen LogP contribution in [0.3, 0.4) is 0 Å². The van der Waals surface area contributed by atoms with E-state index in [2.05, 4.69) is 102 Å². The van der Waals surface area contributed by atoms with E-state index in [-0.39, 0.29) is 6.71 Å². The van der Waals surface area contributed by atoms with Gasteiger partial charge in [-0.2, -0.15) is 0 Å². The Kier molecular flexibility index (Phi) is 3.80. The first-order valence-electron chi connectivity index (χ1n) is 12.0. The standard InChI is InChI=1S/C31H20BNO2/c1-5-13-25-20(9-1)17-21-10-2-6-14-26(21)33(25)22-18-29-31-30(19-22)35-28-16-8-4-12-24(28)32(31)23-11-3-7-15-27(23)34-29/h1-16,18-19H,17H2. The van der Waals surface area contributed by atoms with Crippen molar-refractivity contribution in [2.24, 2.45) is 0 Å². The Balaban J connectivity index is 1.39. The van der Waals surface area contributed by atoms with Crippen LogP contribution in [0.4, 0.5) is 17.1 Å². The maximum atomic E-state index is 6.54. The van der Waals surface area contributed by atoms with Crippen LogP contribution in [-0.4, -0.2) is 6.71 Å². The molecule has 0 saturated heterocycles. The van der Waals surface area contributed by atoms with Crippen molar-refractivity contribution in [3.8, 4) is 23.0 Å². The number of nitrogens with zero attached hydrogens (tertiary/aromatic N) is 1. The van der Waals surface area contributed by atoms with Crippen LogP contribution in [0.2, 0.25) is 0 Å². The highest BCUT2D eigenvalue weighted by atomic mass is 16.5. The molecule has 0 atom stereocenters. The number of fused-ring (bicyclic) bond motifs is 6. The van der Waals surface area contributed by atoms with Gasteiger partial charge in [-0.3, -0.25) is 0 Å². The van der Waals surface area contributed by atoms with Gasteiger partial charge in [0, 0.05) is 35.4 Å². The van der Waals surface area contributed by atoms with Crippen LogP contribution in [0.25, 0.3) is 0 Å². The monoisotopic (exact) mass is 449 g/mol. The molecule has 3 nitrogen and oxygen atoms in total. The summed E-state index contributed by atoms with van der Waals surface area (Å²) in [4.78, 5) is 2.34. The Labute approximate surface area is 204 Å². The molecule has 0 radical (unpaired) electrons. The summed E-state index contributed by atoms with van der Waals surface area (Å²) >= 11 is 0. The van der Waals surface area contributed by atoms with Gasteiger partial charge in [-0.25, -0.2) is 0 Å². The summed E-state index contributed by atoms with van der Waals surface area (Å²) in [6.07, 6.45) is 0.927. The Hall–Kier alpha value is -4.44. The summed E-state index contributed by atoms with van der Waals surface area (Å²) in [7, 11) is 0. The highest BCUT2D eigenvalue weighted by Crippen LogP contribution is 2.46. The lowest BCUT2D eigenvalue weighted by atomic mass is 9.35. The minimum atomic E-state index is 0.0879. The Morgan fingerprint density at radius 2 is 1.03 bits per heavy atom. The van der Waals surface area contributed by atoms with E-state index in [9.17, 15) is 0 Å². The van der Waals surface area contributed by atoms with E-state index in [0.717, 1.165) is 40.6 Å². The first-order valence-corrected chi connectivity index (χ1v) is 12.0. The number of ether oxygens (including phenoxy) is 2. The SMILES string of the molecule is c1ccc2c(c1)Cc1ccccc1N2c1cc2c3c(c1)Oc1ccccc1B3c1ccccc1O2. The normalized spacial score (nSPS) is 13.9. The van der Waals surface area contributed by atoms with E-state index in [1.165, 1.54) is 33.4 Å². The fraction of sp³-hybridized carbons (Fsp3) is 0.0323. The van der Waals surface area contributed by atoms with Crippen LogP contribution < -0.4 is 30.8 Å². The first-order chi connectivity index (χ1) is 17.3. The van der Waals surface area contributed by atoms with Gasteiger partial charge in [0.25, 0.3) is 6.71 Å². The molecule has 164 valence electrons. The lowest BCUT2D eigenvalue weighted by Crippen LogP contribution is -2.57. The summed E-state index contributed by atoms with van der Waals surface area (Å²) in [6, 6.07) is 38.4. The maximum Gasteiger partial charge on any atom is 0.260 e. The van der Waals surface area contributed by atoms with Crippen LogP contribution >= 0.6 is 0 Å². The molecule has 3 aliphatic heterocycles. The number of para-hydroxylation sites is 4. The molecule has 0 aromatic heterocycles. The average Bonchev–Trinajstić information content (AvgIpc) is 2.91. The third kappa shape index (κ3) is 2.68. The Morgan fingerprint density at radius 3 is 1.60 bits per heavy atom. The van der Waals surface area contributed by atoms with Gasteiger partial charge in [0.05, 0.1) is 5.69 Å². The topological polar surface area (TPSA) is 21.7 Å². The van der Waals surface area contributed by atoms with Crippen LogP contribution in [0, 0.1) is 0 Å². The number of rotatable bonds is 1. The molecule has 0 saturated carbocycles. The van der Waals surface area contributed by atoms with Crippen molar-refractivity contribution in [3.63, 3.8) is 0 Å². The molecule has 0 unspecified atom stereocenters. The molecule has 3 aliphatic rings. The molecule has 0 N–H and O–H groups in total. The molecule has 0 aliphatic carbocycles. The van der Waals surface area contributed by atoms with Gasteiger partial charge in [-0.15, -0.1) is 0 Å². The summed E-state index contributed by atoms with van der Waals surface area (Å²) in [5.74, 6) is 3.53. The van der Waals surface area contributed by atoms with Crippen molar-refractivity contribution in [2.45, 2.75) is 6.42 Å². The zero-order chi connectivity index (χ0) is 22.9. The van der Waals surface area contributed by atoms with E-state index in [1.807, 2.05) is 12.1 Å². The lowest BCUT2D eigenvalue weighted by Gasteiger charge is -2.37. The van der Waals surface area contributed by atoms with Gasteiger partial charge in [0.2, 0.25) is 0 Å². The third-order valence-corrected chi connectivity index (χ3v) is 7.38. The van der Waals surface area contributed by atoms with Crippen LogP contribution in [0.15, 0.2) is 109 Å². The fourth-order valence-electron chi connectivity index (χ4n) is 5.88. The fourth-order valence-corrected chi connectivity index (χ4v) is 5.88. The lowest BCUT2D eigenvalue weighted by molar-refractivity contribution is 0.465. The molecule has 35 heavy (non-hydrogen) atoms. The molecule has 3 heterocycles. The van der Waals surface area contributed by atoms with Gasteiger partial charge in [-0.05, 0) is 46.3 Å². The largest absolute Gasteiger partial charge is 0.458 e. The van der Waals surface area contributed by atoms with Gasteiger partial charge in [0.1, 0.15) is 23.0 Å². The van der Waals surface area contributed by atoms with E-state index >= 15 is 0 Å². The van der Waals surface area contributed by atoms with Crippen molar-refractivity contribution < 1.29 is 9.47 Å². The van der Waals surface area contributed by atoms with Gasteiger partial charge in [0.15, 0.2) is 0 Å². The molecule has 4 heteroatoms. The van der Waals surface area contributed by atoms with Crippen molar-refractivity contribution >= 4 is 40.2 Å². The molecular formula is C31H20BNO2. The van der Waals surface area contributed by atoms with Crippen LogP contribution in [0.5, 0.6) is 23.0 Å². The summed E-state index contributed by atoms with van der Waals surface area (Å²) in [5, 5.41) is 0. The van der Waals surface area contributed by atoms with E-state index < -0.39 is 0 Å². The second-order valence-corrected chi connectivity index (χ2v) is 9.34. The Bertz CT molecular complexity index is 1540. The quantitative estimate of drug-likeness (QED) is 0.296. The molecule has 8 rings (SSSR count). The average molecular weight is 449 g/mol. The molecule has 5 aromatic carbocycles. The molecule has 0 fully saturated rings. The first kappa shape index (κ1) is 18.9. The predicted molar refractivity (Wildman–Crippen MR) is 142 cm³/mol. The Morgan fingerprint density at radius 1 is 0.543 bits per heavy atom. The predicted octanol–water partition coefficient (Wildman–Crippen LogP) is 5.79. The van der Waals surface area contributed by atoms with Crippen LogP contribution in [0.1, 0.15) is 11.1 Å². The minimum Gasteiger partial charge on any atom is -0.458 e. The smallest absolute Gasteiger partial charge is 0.260 e. The molecule has 5 aromatic rings. The van der Waals surface area contributed by atoms with Gasteiger partial charge >= 0.3 is 0 Å². The van der Waals surface area contributed by atoms with Crippen molar-refractivity contribution in [3.05, 3.63) is 120 Å². The van der Waals surface area contributed by atoms with Crippen molar-refractivity contribution in [1.29, 1.82) is 0 Å².